The molecule has 0 spiro atoms. The van der Waals surface area contributed by atoms with E-state index in [0.29, 0.717) is 23.7 Å². The maximum absolute atomic E-state index is 11.3. The minimum atomic E-state index is 0.241. The molecule has 0 bridgehead atoms. The number of nitrogens with one attached hydrogen (secondary N) is 1. The van der Waals surface area contributed by atoms with Gasteiger partial charge in [0.25, 0.3) is 0 Å². The molecule has 4 unspecified atom stereocenters. The van der Waals surface area contributed by atoms with Crippen molar-refractivity contribution in [2.75, 3.05) is 7.05 Å². The van der Waals surface area contributed by atoms with E-state index in [1.807, 2.05) is 7.05 Å². The summed E-state index contributed by atoms with van der Waals surface area (Å²) in [6.45, 7) is 6.12. The van der Waals surface area contributed by atoms with Crippen LogP contribution in [0.1, 0.15) is 27.2 Å². The standard InChI is InChI=1S/C10H19NO/c1-6-5-7(2)10(11-4)9(6)8(3)12/h6-7,9-11H,5H2,1-4H3. The van der Waals surface area contributed by atoms with Crippen molar-refractivity contribution in [1.82, 2.24) is 5.32 Å². The van der Waals surface area contributed by atoms with E-state index < -0.39 is 0 Å². The van der Waals surface area contributed by atoms with Crippen molar-refractivity contribution in [3.8, 4) is 0 Å². The summed E-state index contributed by atoms with van der Waals surface area (Å²) in [7, 11) is 1.95. The Bertz CT molecular complexity index is 179. The summed E-state index contributed by atoms with van der Waals surface area (Å²) in [4.78, 5) is 11.3. The van der Waals surface area contributed by atoms with Crippen LogP contribution in [0, 0.1) is 17.8 Å². The summed E-state index contributed by atoms with van der Waals surface area (Å²) in [5, 5.41) is 3.25. The molecule has 0 aromatic rings. The van der Waals surface area contributed by atoms with Gasteiger partial charge in [-0.15, -0.1) is 0 Å². The maximum atomic E-state index is 11.3. The van der Waals surface area contributed by atoms with Crippen molar-refractivity contribution in [2.45, 2.75) is 33.2 Å². The third-order valence-corrected chi connectivity index (χ3v) is 3.16. The lowest BCUT2D eigenvalue weighted by Gasteiger charge is -2.21. The van der Waals surface area contributed by atoms with Crippen LogP contribution in [-0.4, -0.2) is 18.9 Å². The van der Waals surface area contributed by atoms with E-state index in [9.17, 15) is 4.79 Å². The zero-order chi connectivity index (χ0) is 9.30. The fourth-order valence-electron chi connectivity index (χ4n) is 2.71. The summed E-state index contributed by atoms with van der Waals surface area (Å²) in [6.07, 6.45) is 1.18. The van der Waals surface area contributed by atoms with Crippen molar-refractivity contribution < 1.29 is 4.79 Å². The van der Waals surface area contributed by atoms with Gasteiger partial charge in [0.1, 0.15) is 5.78 Å². The fourth-order valence-corrected chi connectivity index (χ4v) is 2.71. The zero-order valence-corrected chi connectivity index (χ0v) is 8.42. The SMILES string of the molecule is CNC1C(C)CC(C)C1C(C)=O. The van der Waals surface area contributed by atoms with Crippen LogP contribution in [0.2, 0.25) is 0 Å². The second-order valence-electron chi connectivity index (χ2n) is 4.14. The third-order valence-electron chi connectivity index (χ3n) is 3.16. The highest BCUT2D eigenvalue weighted by atomic mass is 16.1. The molecule has 1 aliphatic carbocycles. The molecule has 1 saturated carbocycles. The Morgan fingerprint density at radius 1 is 1.33 bits per heavy atom. The van der Waals surface area contributed by atoms with E-state index in [2.05, 4.69) is 19.2 Å². The lowest BCUT2D eigenvalue weighted by atomic mass is 9.91. The van der Waals surface area contributed by atoms with Crippen LogP contribution in [-0.2, 0) is 4.79 Å². The fraction of sp³-hybridized carbons (Fsp3) is 0.900. The molecule has 1 aliphatic rings. The molecule has 70 valence electrons. The molecule has 1 N–H and O–H groups in total. The third kappa shape index (κ3) is 1.53. The molecule has 0 aliphatic heterocycles. The second-order valence-corrected chi connectivity index (χ2v) is 4.14. The summed E-state index contributed by atoms with van der Waals surface area (Å²) >= 11 is 0. The van der Waals surface area contributed by atoms with Crippen molar-refractivity contribution in [1.29, 1.82) is 0 Å². The van der Waals surface area contributed by atoms with Crippen LogP contribution < -0.4 is 5.32 Å². The first-order valence-corrected chi connectivity index (χ1v) is 4.75. The second kappa shape index (κ2) is 3.56. The Labute approximate surface area is 74.7 Å². The average Bonchev–Trinajstić information content (AvgIpc) is 2.24. The molecule has 0 aromatic heterocycles. The molecule has 1 rings (SSSR count). The van der Waals surface area contributed by atoms with Crippen molar-refractivity contribution in [3.05, 3.63) is 0 Å². The van der Waals surface area contributed by atoms with E-state index in [4.69, 9.17) is 0 Å². The van der Waals surface area contributed by atoms with E-state index in [1.165, 1.54) is 6.42 Å². The number of carbonyl (C=O) groups is 1. The normalized spacial score (nSPS) is 41.7. The van der Waals surface area contributed by atoms with E-state index in [-0.39, 0.29) is 5.92 Å². The van der Waals surface area contributed by atoms with Crippen LogP contribution in [0.4, 0.5) is 0 Å². The Balaban J connectivity index is 2.75. The first-order valence-electron chi connectivity index (χ1n) is 4.75. The van der Waals surface area contributed by atoms with Crippen LogP contribution in [0.15, 0.2) is 0 Å². The first-order chi connectivity index (χ1) is 5.57. The maximum Gasteiger partial charge on any atom is 0.134 e. The first kappa shape index (κ1) is 9.72. The van der Waals surface area contributed by atoms with Crippen molar-refractivity contribution >= 4 is 5.78 Å². The average molecular weight is 169 g/mol. The van der Waals surface area contributed by atoms with Gasteiger partial charge in [0.2, 0.25) is 0 Å². The van der Waals surface area contributed by atoms with Crippen LogP contribution in [0.25, 0.3) is 0 Å². The largest absolute Gasteiger partial charge is 0.316 e. The highest BCUT2D eigenvalue weighted by Crippen LogP contribution is 2.36. The molecular weight excluding hydrogens is 150 g/mol. The van der Waals surface area contributed by atoms with Gasteiger partial charge in [0.15, 0.2) is 0 Å². The molecule has 0 saturated heterocycles. The van der Waals surface area contributed by atoms with Gasteiger partial charge in [-0.3, -0.25) is 4.79 Å². The van der Waals surface area contributed by atoms with E-state index in [0.717, 1.165) is 0 Å². The molecule has 12 heavy (non-hydrogen) atoms. The van der Waals surface area contributed by atoms with E-state index >= 15 is 0 Å². The molecule has 2 nitrogen and oxygen atoms in total. The predicted octanol–water partition coefficient (Wildman–Crippen LogP) is 1.46. The zero-order valence-electron chi connectivity index (χ0n) is 8.42. The number of hydrogen-bond donors (Lipinski definition) is 1. The predicted molar refractivity (Wildman–Crippen MR) is 50.0 cm³/mol. The minimum Gasteiger partial charge on any atom is -0.316 e. The van der Waals surface area contributed by atoms with Gasteiger partial charge < -0.3 is 5.32 Å². The summed E-state index contributed by atoms with van der Waals surface area (Å²) in [5.74, 6) is 1.77. The van der Waals surface area contributed by atoms with Gasteiger partial charge in [0.05, 0.1) is 0 Å². The summed E-state index contributed by atoms with van der Waals surface area (Å²) < 4.78 is 0. The highest BCUT2D eigenvalue weighted by Gasteiger charge is 2.40. The topological polar surface area (TPSA) is 29.1 Å². The number of hydrogen-bond acceptors (Lipinski definition) is 2. The van der Waals surface area contributed by atoms with Crippen molar-refractivity contribution in [3.63, 3.8) is 0 Å². The molecule has 0 aromatic carbocycles. The number of Topliss-reactive ketones (excluding diaryl/α,β-unsaturated/α-hetero) is 1. The van der Waals surface area contributed by atoms with Crippen LogP contribution in [0.3, 0.4) is 0 Å². The number of carbonyl (C=O) groups excluding carboxylic acids is 1. The summed E-state index contributed by atoms with van der Waals surface area (Å²) in [6, 6.07) is 0.400. The van der Waals surface area contributed by atoms with Crippen LogP contribution in [0.5, 0.6) is 0 Å². The monoisotopic (exact) mass is 169 g/mol. The van der Waals surface area contributed by atoms with Gasteiger partial charge in [-0.1, -0.05) is 13.8 Å². The smallest absolute Gasteiger partial charge is 0.134 e. The van der Waals surface area contributed by atoms with Gasteiger partial charge in [-0.25, -0.2) is 0 Å². The lowest BCUT2D eigenvalue weighted by molar-refractivity contribution is -0.122. The molecule has 4 atom stereocenters. The summed E-state index contributed by atoms with van der Waals surface area (Å²) in [5.41, 5.74) is 0. The van der Waals surface area contributed by atoms with Gasteiger partial charge in [-0.2, -0.15) is 0 Å². The van der Waals surface area contributed by atoms with E-state index in [1.54, 1.807) is 6.92 Å². The molecular formula is C10H19NO. The lowest BCUT2D eigenvalue weighted by Crippen LogP contribution is -2.38. The minimum absolute atomic E-state index is 0.241. The van der Waals surface area contributed by atoms with Gasteiger partial charge >= 0.3 is 0 Å². The number of rotatable bonds is 2. The Morgan fingerprint density at radius 3 is 2.25 bits per heavy atom. The van der Waals surface area contributed by atoms with Crippen LogP contribution >= 0.6 is 0 Å². The molecule has 0 amide bonds. The molecule has 2 heteroatoms. The molecule has 0 radical (unpaired) electrons. The Kier molecular flexibility index (Phi) is 2.89. The van der Waals surface area contributed by atoms with Gasteiger partial charge in [0, 0.05) is 12.0 Å². The van der Waals surface area contributed by atoms with Gasteiger partial charge in [-0.05, 0) is 32.2 Å². The molecule has 1 fully saturated rings. The quantitative estimate of drug-likeness (QED) is 0.678. The Hall–Kier alpha value is -0.370. The molecule has 0 heterocycles. The highest BCUT2D eigenvalue weighted by molar-refractivity contribution is 5.79. The van der Waals surface area contributed by atoms with Crippen molar-refractivity contribution in [2.24, 2.45) is 17.8 Å². The number of ketones is 1. The Morgan fingerprint density at radius 2 is 1.92 bits per heavy atom.